The van der Waals surface area contributed by atoms with Gasteiger partial charge in [-0.3, -0.25) is 9.78 Å². The summed E-state index contributed by atoms with van der Waals surface area (Å²) >= 11 is 0. The quantitative estimate of drug-likeness (QED) is 0.847. The zero-order valence-electron chi connectivity index (χ0n) is 10.6. The van der Waals surface area contributed by atoms with Gasteiger partial charge in [0.1, 0.15) is 0 Å². The van der Waals surface area contributed by atoms with Crippen LogP contribution in [0.5, 0.6) is 0 Å². The van der Waals surface area contributed by atoms with Crippen molar-refractivity contribution >= 4 is 5.91 Å². The molecule has 4 nitrogen and oxygen atoms in total. The van der Waals surface area contributed by atoms with E-state index in [4.69, 9.17) is 0 Å². The lowest BCUT2D eigenvalue weighted by Gasteiger charge is -2.32. The van der Waals surface area contributed by atoms with E-state index in [2.05, 4.69) is 10.3 Å². The van der Waals surface area contributed by atoms with Crippen molar-refractivity contribution < 1.29 is 9.90 Å². The second-order valence-electron chi connectivity index (χ2n) is 5.06. The molecule has 98 valence electrons. The average Bonchev–Trinajstić information content (AvgIpc) is 2.39. The number of aromatic nitrogens is 1. The Bertz CT molecular complexity index is 386. The van der Waals surface area contributed by atoms with Gasteiger partial charge in [-0.25, -0.2) is 0 Å². The molecular weight excluding hydrogens is 228 g/mol. The first kappa shape index (κ1) is 13.0. The van der Waals surface area contributed by atoms with Crippen LogP contribution < -0.4 is 5.32 Å². The molecule has 0 aromatic carbocycles. The van der Waals surface area contributed by atoms with Gasteiger partial charge in [-0.05, 0) is 25.0 Å². The molecule has 1 aromatic heterocycles. The average molecular weight is 248 g/mol. The van der Waals surface area contributed by atoms with Crippen LogP contribution in [0.2, 0.25) is 0 Å². The number of aliphatic hydroxyl groups is 1. The van der Waals surface area contributed by atoms with Gasteiger partial charge in [0, 0.05) is 18.4 Å². The molecule has 0 spiro atoms. The predicted octanol–water partition coefficient (Wildman–Crippen LogP) is 1.44. The van der Waals surface area contributed by atoms with Crippen LogP contribution in [0.1, 0.15) is 37.8 Å². The highest BCUT2D eigenvalue weighted by Gasteiger charge is 2.29. The molecule has 1 saturated carbocycles. The minimum Gasteiger partial charge on any atom is -0.388 e. The minimum atomic E-state index is -0.696. The second kappa shape index (κ2) is 5.96. The molecular formula is C14H20N2O2. The van der Waals surface area contributed by atoms with Gasteiger partial charge < -0.3 is 10.4 Å². The summed E-state index contributed by atoms with van der Waals surface area (Å²) in [7, 11) is 0. The maximum atomic E-state index is 11.7. The third-order valence-electron chi connectivity index (χ3n) is 3.47. The van der Waals surface area contributed by atoms with Gasteiger partial charge in [-0.15, -0.1) is 0 Å². The smallest absolute Gasteiger partial charge is 0.226 e. The zero-order valence-corrected chi connectivity index (χ0v) is 10.6. The summed E-state index contributed by atoms with van der Waals surface area (Å²) in [5, 5.41) is 13.1. The molecule has 0 radical (unpaired) electrons. The highest BCUT2D eigenvalue weighted by molar-refractivity contribution is 5.78. The van der Waals surface area contributed by atoms with E-state index in [1.54, 1.807) is 6.20 Å². The van der Waals surface area contributed by atoms with Crippen molar-refractivity contribution in [2.24, 2.45) is 0 Å². The Hall–Kier alpha value is -1.42. The Morgan fingerprint density at radius 3 is 2.78 bits per heavy atom. The van der Waals surface area contributed by atoms with Crippen LogP contribution >= 0.6 is 0 Å². The fourth-order valence-corrected chi connectivity index (χ4v) is 2.38. The number of carbonyl (C=O) groups is 1. The molecule has 1 aliphatic carbocycles. The molecule has 4 heteroatoms. The predicted molar refractivity (Wildman–Crippen MR) is 69.0 cm³/mol. The molecule has 1 aromatic rings. The van der Waals surface area contributed by atoms with Crippen LogP contribution in [0.4, 0.5) is 0 Å². The summed E-state index contributed by atoms with van der Waals surface area (Å²) in [5.41, 5.74) is 0.0588. The highest BCUT2D eigenvalue weighted by atomic mass is 16.3. The van der Waals surface area contributed by atoms with Crippen LogP contribution in [-0.2, 0) is 11.2 Å². The topological polar surface area (TPSA) is 62.2 Å². The number of hydrogen-bond donors (Lipinski definition) is 2. The third kappa shape index (κ3) is 3.81. The van der Waals surface area contributed by atoms with E-state index in [0.717, 1.165) is 31.4 Å². The fourth-order valence-electron chi connectivity index (χ4n) is 2.38. The SMILES string of the molecule is O=C(Cc1ccccn1)NCC1(O)CCCCC1. The third-order valence-corrected chi connectivity index (χ3v) is 3.47. The number of carbonyl (C=O) groups excluding carboxylic acids is 1. The first-order valence-corrected chi connectivity index (χ1v) is 6.57. The van der Waals surface area contributed by atoms with Crippen LogP contribution in [0.3, 0.4) is 0 Å². The summed E-state index contributed by atoms with van der Waals surface area (Å²) in [4.78, 5) is 15.8. The van der Waals surface area contributed by atoms with Gasteiger partial charge >= 0.3 is 0 Å². The number of amides is 1. The largest absolute Gasteiger partial charge is 0.388 e. The Morgan fingerprint density at radius 1 is 1.33 bits per heavy atom. The number of hydrogen-bond acceptors (Lipinski definition) is 3. The molecule has 2 rings (SSSR count). The lowest BCUT2D eigenvalue weighted by atomic mass is 9.85. The lowest BCUT2D eigenvalue weighted by molar-refractivity contribution is -0.122. The molecule has 1 heterocycles. The van der Waals surface area contributed by atoms with Gasteiger partial charge in [0.2, 0.25) is 5.91 Å². The van der Waals surface area contributed by atoms with E-state index in [1.165, 1.54) is 6.42 Å². The standard InChI is InChI=1S/C14H20N2O2/c17-13(10-12-6-2-5-9-15-12)16-11-14(18)7-3-1-4-8-14/h2,5-6,9,18H,1,3-4,7-8,10-11H2,(H,16,17). The van der Waals surface area contributed by atoms with Crippen molar-refractivity contribution in [3.8, 4) is 0 Å². The molecule has 1 aliphatic rings. The summed E-state index contributed by atoms with van der Waals surface area (Å²) in [6, 6.07) is 5.52. The van der Waals surface area contributed by atoms with Gasteiger partial charge in [0.05, 0.1) is 12.0 Å². The van der Waals surface area contributed by atoms with Crippen molar-refractivity contribution in [1.29, 1.82) is 0 Å². The second-order valence-corrected chi connectivity index (χ2v) is 5.06. The molecule has 1 fully saturated rings. The molecule has 2 N–H and O–H groups in total. The van der Waals surface area contributed by atoms with Crippen LogP contribution in [0.25, 0.3) is 0 Å². The molecule has 18 heavy (non-hydrogen) atoms. The molecule has 0 atom stereocenters. The van der Waals surface area contributed by atoms with Gasteiger partial charge in [-0.1, -0.05) is 25.3 Å². The molecule has 0 aliphatic heterocycles. The minimum absolute atomic E-state index is 0.0762. The van der Waals surface area contributed by atoms with Gasteiger partial charge in [-0.2, -0.15) is 0 Å². The van der Waals surface area contributed by atoms with E-state index in [1.807, 2.05) is 18.2 Å². The monoisotopic (exact) mass is 248 g/mol. The normalized spacial score (nSPS) is 18.3. The molecule has 0 bridgehead atoms. The first-order valence-electron chi connectivity index (χ1n) is 6.57. The van der Waals surface area contributed by atoms with Crippen LogP contribution in [-0.4, -0.2) is 28.1 Å². The summed E-state index contributed by atoms with van der Waals surface area (Å²) < 4.78 is 0. The Balaban J connectivity index is 1.78. The maximum absolute atomic E-state index is 11.7. The Labute approximate surface area is 107 Å². The lowest BCUT2D eigenvalue weighted by Crippen LogP contribution is -2.44. The molecule has 0 saturated heterocycles. The van der Waals surface area contributed by atoms with Crippen molar-refractivity contribution in [3.05, 3.63) is 30.1 Å². The van der Waals surface area contributed by atoms with E-state index in [0.29, 0.717) is 6.54 Å². The number of nitrogens with one attached hydrogen (secondary N) is 1. The van der Waals surface area contributed by atoms with Crippen LogP contribution in [0.15, 0.2) is 24.4 Å². The van der Waals surface area contributed by atoms with Crippen molar-refractivity contribution in [3.63, 3.8) is 0 Å². The van der Waals surface area contributed by atoms with E-state index >= 15 is 0 Å². The van der Waals surface area contributed by atoms with E-state index in [9.17, 15) is 9.90 Å². The van der Waals surface area contributed by atoms with E-state index in [-0.39, 0.29) is 12.3 Å². The van der Waals surface area contributed by atoms with Crippen molar-refractivity contribution in [1.82, 2.24) is 10.3 Å². The Morgan fingerprint density at radius 2 is 2.11 bits per heavy atom. The Kier molecular flexibility index (Phi) is 4.31. The van der Waals surface area contributed by atoms with Gasteiger partial charge in [0.25, 0.3) is 0 Å². The first-order chi connectivity index (χ1) is 8.68. The highest BCUT2D eigenvalue weighted by Crippen LogP contribution is 2.27. The number of rotatable bonds is 4. The van der Waals surface area contributed by atoms with Gasteiger partial charge in [0.15, 0.2) is 0 Å². The zero-order chi connectivity index (χ0) is 12.8. The maximum Gasteiger partial charge on any atom is 0.226 e. The molecule has 1 amide bonds. The fraction of sp³-hybridized carbons (Fsp3) is 0.571. The molecule has 0 unspecified atom stereocenters. The summed E-state index contributed by atoms with van der Waals surface area (Å²) in [5.74, 6) is -0.0762. The number of nitrogens with zero attached hydrogens (tertiary/aromatic N) is 1. The summed E-state index contributed by atoms with van der Waals surface area (Å²) in [6.07, 6.45) is 6.81. The van der Waals surface area contributed by atoms with Crippen molar-refractivity contribution in [2.45, 2.75) is 44.1 Å². The van der Waals surface area contributed by atoms with E-state index < -0.39 is 5.60 Å². The van der Waals surface area contributed by atoms with Crippen molar-refractivity contribution in [2.75, 3.05) is 6.54 Å². The summed E-state index contributed by atoms with van der Waals surface area (Å²) in [6.45, 7) is 0.360. The van der Waals surface area contributed by atoms with Crippen LogP contribution in [0, 0.1) is 0 Å². The number of pyridine rings is 1.